The highest BCUT2D eigenvalue weighted by Crippen LogP contribution is 2.32. The van der Waals surface area contributed by atoms with Crippen LogP contribution in [0.5, 0.6) is 0 Å². The number of carboxylic acid groups (broad SMARTS) is 2. The molecule has 0 aliphatic carbocycles. The van der Waals surface area contributed by atoms with E-state index in [1.807, 2.05) is 90.6 Å². The summed E-state index contributed by atoms with van der Waals surface area (Å²) in [7, 11) is 5.36. The summed E-state index contributed by atoms with van der Waals surface area (Å²) >= 11 is 7.07. The molecule has 0 unspecified atom stereocenters. The smallest absolute Gasteiger partial charge is 0.326 e. The molecule has 0 bridgehead atoms. The Kier molecular flexibility index (Phi) is 10.7. The third-order valence-electron chi connectivity index (χ3n) is 9.25. The maximum atomic E-state index is 11.9. The summed E-state index contributed by atoms with van der Waals surface area (Å²) in [4.78, 5) is 44.0. The molecule has 294 valence electrons. The summed E-state index contributed by atoms with van der Waals surface area (Å²) in [6.07, 6.45) is 7.03. The van der Waals surface area contributed by atoms with Gasteiger partial charge in [0.15, 0.2) is 22.9 Å². The number of fused-ring (bicyclic) bond motifs is 6. The number of rotatable bonds is 10. The molecule has 2 aromatic carbocycles. The van der Waals surface area contributed by atoms with Crippen molar-refractivity contribution in [3.8, 4) is 22.8 Å². The molecule has 2 atom stereocenters. The Labute approximate surface area is 341 Å². The number of nitrogens with zero attached hydrogens (tertiary/aromatic N) is 13. The number of para-hydroxylation sites is 2. The molecular weight excluding hydrogens is 864 g/mol. The Balaban J connectivity index is 0.000000174. The van der Waals surface area contributed by atoms with Gasteiger partial charge in [-0.1, -0.05) is 39.8 Å². The molecule has 0 aliphatic heterocycles. The van der Waals surface area contributed by atoms with Crippen molar-refractivity contribution in [1.82, 2.24) is 58.7 Å². The van der Waals surface area contributed by atoms with Gasteiger partial charge in [0.1, 0.15) is 12.1 Å². The summed E-state index contributed by atoms with van der Waals surface area (Å²) in [6.45, 7) is 7.41. The van der Waals surface area contributed by atoms with Crippen molar-refractivity contribution >= 4 is 88.8 Å². The minimum atomic E-state index is -0.954. The van der Waals surface area contributed by atoms with Crippen LogP contribution in [0.4, 0.5) is 11.9 Å². The van der Waals surface area contributed by atoms with E-state index in [0.29, 0.717) is 45.9 Å². The number of carboxylic acids is 2. The van der Waals surface area contributed by atoms with Crippen molar-refractivity contribution in [2.24, 2.45) is 25.9 Å². The quantitative estimate of drug-likeness (QED) is 0.145. The number of aromatic nitrogens is 12. The second-order valence-electron chi connectivity index (χ2n) is 14.1. The number of likely N-dealkylation sites (N-methyl/N-ethyl adjacent to an activating group) is 1. The first-order chi connectivity index (χ1) is 27.1. The highest BCUT2D eigenvalue weighted by atomic mass is 79.9. The van der Waals surface area contributed by atoms with Crippen molar-refractivity contribution < 1.29 is 19.8 Å². The van der Waals surface area contributed by atoms with Gasteiger partial charge in [-0.05, 0) is 68.0 Å². The first kappa shape index (κ1) is 39.2. The summed E-state index contributed by atoms with van der Waals surface area (Å²) in [5.74, 6) is -0.445. The SMILES string of the molecule is CC(C)[C@@H](Nc1nc2c(Br)cccc2c2nc(-c3cnn(C)c3)nn12)C(=O)O.CC(C)[C@H](C(=O)O)N(C)c1nc2c(Br)cccc2c2nc(-c3cnn(C)c3)nn12. The van der Waals surface area contributed by atoms with Crippen LogP contribution in [-0.2, 0) is 23.7 Å². The Hall–Kier alpha value is -6.02. The molecule has 0 radical (unpaired) electrons. The Morgan fingerprint density at radius 1 is 0.719 bits per heavy atom. The van der Waals surface area contributed by atoms with E-state index in [9.17, 15) is 19.8 Å². The molecule has 0 saturated heterocycles. The molecular formula is C37H38Br2N14O4. The molecule has 8 rings (SSSR count). The van der Waals surface area contributed by atoms with Gasteiger partial charge in [-0.3, -0.25) is 9.36 Å². The maximum Gasteiger partial charge on any atom is 0.326 e. The van der Waals surface area contributed by atoms with Gasteiger partial charge >= 0.3 is 11.9 Å². The molecule has 0 spiro atoms. The van der Waals surface area contributed by atoms with E-state index in [1.165, 1.54) is 0 Å². The van der Waals surface area contributed by atoms with Crippen LogP contribution in [0.1, 0.15) is 27.7 Å². The Bertz CT molecular complexity index is 2810. The minimum absolute atomic E-state index is 0.134. The highest BCUT2D eigenvalue weighted by Gasteiger charge is 2.30. The van der Waals surface area contributed by atoms with E-state index in [-0.39, 0.29) is 11.8 Å². The van der Waals surface area contributed by atoms with Gasteiger partial charge < -0.3 is 20.4 Å². The number of benzene rings is 2. The summed E-state index contributed by atoms with van der Waals surface area (Å²) in [5.41, 5.74) is 4.09. The first-order valence-electron chi connectivity index (χ1n) is 17.8. The van der Waals surface area contributed by atoms with Crippen molar-refractivity contribution in [2.75, 3.05) is 17.3 Å². The van der Waals surface area contributed by atoms with Crippen LogP contribution >= 0.6 is 31.9 Å². The average Bonchev–Trinajstić information content (AvgIpc) is 3.97. The van der Waals surface area contributed by atoms with Crippen LogP contribution in [-0.4, -0.2) is 100 Å². The lowest BCUT2D eigenvalue weighted by Gasteiger charge is -2.28. The molecule has 57 heavy (non-hydrogen) atoms. The topological polar surface area (TPSA) is 212 Å². The van der Waals surface area contributed by atoms with Crippen LogP contribution in [0.3, 0.4) is 0 Å². The average molecular weight is 903 g/mol. The van der Waals surface area contributed by atoms with Gasteiger partial charge in [0.25, 0.3) is 0 Å². The zero-order valence-corrected chi connectivity index (χ0v) is 35.0. The number of aliphatic carboxylic acids is 2. The lowest BCUT2D eigenvalue weighted by molar-refractivity contribution is -0.140. The summed E-state index contributed by atoms with van der Waals surface area (Å²) in [5, 5.41) is 41.5. The number of aryl methyl sites for hydroxylation is 2. The molecule has 18 nitrogen and oxygen atoms in total. The van der Waals surface area contributed by atoms with Gasteiger partial charge in [-0.15, -0.1) is 10.2 Å². The third-order valence-corrected chi connectivity index (χ3v) is 10.5. The van der Waals surface area contributed by atoms with Crippen molar-refractivity contribution in [1.29, 1.82) is 0 Å². The third kappa shape index (κ3) is 7.49. The van der Waals surface area contributed by atoms with Crippen molar-refractivity contribution in [2.45, 2.75) is 39.8 Å². The Morgan fingerprint density at radius 2 is 1.23 bits per heavy atom. The zero-order chi connectivity index (χ0) is 40.9. The highest BCUT2D eigenvalue weighted by molar-refractivity contribution is 9.11. The minimum Gasteiger partial charge on any atom is -0.480 e. The number of halogens is 2. The monoisotopic (exact) mass is 900 g/mol. The molecule has 0 amide bonds. The zero-order valence-electron chi connectivity index (χ0n) is 31.9. The standard InChI is InChI=1S/C19H20BrN7O2.C18H18BrN7O2/c1-10(2)15(18(28)29)26(4)19-22-14-12(6-5-7-13(14)20)17-23-16(24-27(17)19)11-8-21-25(3)9-11;1-9(2)13(17(27)28)21-18-22-14-11(5-4-6-12(14)19)16-23-15(24-26(16)18)10-7-20-25(3)8-10/h5-10,15H,1-4H3,(H,28,29);4-9,13H,1-3H3,(H,21,22)(H,27,28)/t15-;13-/m11/s1. The van der Waals surface area contributed by atoms with E-state index in [1.54, 1.807) is 42.7 Å². The predicted molar refractivity (Wildman–Crippen MR) is 221 cm³/mol. The normalized spacial score (nSPS) is 12.8. The molecule has 20 heteroatoms. The van der Waals surface area contributed by atoms with E-state index in [4.69, 9.17) is 9.97 Å². The number of nitrogens with one attached hydrogen (secondary N) is 1. The van der Waals surface area contributed by atoms with Crippen LogP contribution in [0.2, 0.25) is 0 Å². The molecule has 8 aromatic rings. The fraction of sp³-hybridized carbons (Fsp3) is 0.297. The number of hydrogen-bond donors (Lipinski definition) is 3. The largest absolute Gasteiger partial charge is 0.480 e. The molecule has 0 aliphatic rings. The molecule has 6 heterocycles. The van der Waals surface area contributed by atoms with E-state index in [0.717, 1.165) is 30.8 Å². The summed E-state index contributed by atoms with van der Waals surface area (Å²) in [6, 6.07) is 9.82. The number of hydrogen-bond acceptors (Lipinski definition) is 12. The van der Waals surface area contributed by atoms with Gasteiger partial charge in [0.2, 0.25) is 11.9 Å². The predicted octanol–water partition coefficient (Wildman–Crippen LogP) is 5.95. The lowest BCUT2D eigenvalue weighted by Crippen LogP contribution is -2.43. The van der Waals surface area contributed by atoms with Gasteiger partial charge in [-0.2, -0.15) is 19.2 Å². The van der Waals surface area contributed by atoms with Crippen LogP contribution < -0.4 is 10.2 Å². The van der Waals surface area contributed by atoms with Crippen molar-refractivity contribution in [3.05, 3.63) is 70.1 Å². The van der Waals surface area contributed by atoms with Crippen LogP contribution in [0, 0.1) is 11.8 Å². The van der Waals surface area contributed by atoms with E-state index >= 15 is 0 Å². The fourth-order valence-electron chi connectivity index (χ4n) is 6.49. The van der Waals surface area contributed by atoms with Gasteiger partial charge in [0.05, 0.1) is 34.6 Å². The first-order valence-corrected chi connectivity index (χ1v) is 19.3. The fourth-order valence-corrected chi connectivity index (χ4v) is 7.40. The molecule has 3 N–H and O–H groups in total. The lowest BCUT2D eigenvalue weighted by atomic mass is 10.0. The summed E-state index contributed by atoms with van der Waals surface area (Å²) < 4.78 is 8.10. The van der Waals surface area contributed by atoms with Gasteiger partial charge in [-0.25, -0.2) is 29.5 Å². The Morgan fingerprint density at radius 3 is 1.68 bits per heavy atom. The molecule has 0 fully saturated rings. The second-order valence-corrected chi connectivity index (χ2v) is 15.8. The molecule has 6 aromatic heterocycles. The second kappa shape index (κ2) is 15.5. The van der Waals surface area contributed by atoms with Crippen LogP contribution in [0.15, 0.2) is 70.1 Å². The maximum absolute atomic E-state index is 11.9. The van der Waals surface area contributed by atoms with Crippen molar-refractivity contribution in [3.63, 3.8) is 0 Å². The molecule has 0 saturated carbocycles. The number of anilines is 2. The van der Waals surface area contributed by atoms with Crippen LogP contribution in [0.25, 0.3) is 55.9 Å². The van der Waals surface area contributed by atoms with Gasteiger partial charge in [0, 0.05) is 53.3 Å². The number of carbonyl (C=O) groups is 2. The van der Waals surface area contributed by atoms with E-state index < -0.39 is 24.0 Å². The van der Waals surface area contributed by atoms with E-state index in [2.05, 4.69) is 67.5 Å².